The van der Waals surface area contributed by atoms with Crippen LogP contribution >= 0.6 is 0 Å². The van der Waals surface area contributed by atoms with Crippen molar-refractivity contribution in [2.45, 2.75) is 32.2 Å². The molecule has 0 radical (unpaired) electrons. The molecule has 6 heteroatoms. The van der Waals surface area contributed by atoms with Gasteiger partial charge >= 0.3 is 0 Å². The van der Waals surface area contributed by atoms with Gasteiger partial charge in [-0.05, 0) is 73.5 Å². The second-order valence-corrected chi connectivity index (χ2v) is 8.75. The maximum Gasteiger partial charge on any atom is 0.223 e. The van der Waals surface area contributed by atoms with E-state index in [9.17, 15) is 9.90 Å². The first-order valence-corrected chi connectivity index (χ1v) is 11.0. The normalized spacial score (nSPS) is 19.7. The number of rotatable bonds is 8. The molecule has 1 unspecified atom stereocenters. The molecule has 1 atom stereocenters. The van der Waals surface area contributed by atoms with Crippen molar-refractivity contribution in [1.29, 1.82) is 0 Å². The highest BCUT2D eigenvalue weighted by atomic mass is 16.5. The van der Waals surface area contributed by atoms with Crippen LogP contribution < -0.4 is 14.8 Å². The summed E-state index contributed by atoms with van der Waals surface area (Å²) in [6, 6.07) is 13.5. The van der Waals surface area contributed by atoms with Crippen LogP contribution in [-0.2, 0) is 17.8 Å². The van der Waals surface area contributed by atoms with Crippen LogP contribution in [0.5, 0.6) is 17.2 Å². The minimum Gasteiger partial charge on any atom is -0.504 e. The summed E-state index contributed by atoms with van der Waals surface area (Å²) in [5, 5.41) is 13.1. The number of para-hydroxylation sites is 1. The van der Waals surface area contributed by atoms with E-state index in [-0.39, 0.29) is 23.0 Å². The smallest absolute Gasteiger partial charge is 0.223 e. The van der Waals surface area contributed by atoms with E-state index < -0.39 is 0 Å². The minimum atomic E-state index is 0.150. The standard InChI is InChI=1S/C25H32N2O4/c1-30-22-6-4-3-5-19(22)9-12-26-24(29)20-16-25(20)10-13-27(14-11-25)17-18-7-8-23(31-2)21(28)15-18/h3-8,15,20,28H,9-14,16-17H2,1-2H3,(H,26,29). The van der Waals surface area contributed by atoms with Gasteiger partial charge in [-0.25, -0.2) is 0 Å². The SMILES string of the molecule is COc1ccc(CN2CCC3(CC2)CC3C(=O)NCCc2ccccc2OC)cc1O. The van der Waals surface area contributed by atoms with Gasteiger partial charge in [0.1, 0.15) is 5.75 Å². The van der Waals surface area contributed by atoms with E-state index in [0.29, 0.717) is 12.3 Å². The Labute approximate surface area is 184 Å². The zero-order chi connectivity index (χ0) is 21.8. The van der Waals surface area contributed by atoms with Gasteiger partial charge in [0, 0.05) is 19.0 Å². The molecule has 2 aromatic carbocycles. The Morgan fingerprint density at radius 2 is 1.87 bits per heavy atom. The average Bonchev–Trinajstić information content (AvgIpc) is 3.49. The summed E-state index contributed by atoms with van der Waals surface area (Å²) in [6.45, 7) is 3.41. The van der Waals surface area contributed by atoms with Crippen LogP contribution in [0.4, 0.5) is 0 Å². The molecule has 166 valence electrons. The predicted octanol–water partition coefficient (Wildman–Crippen LogP) is 3.37. The van der Waals surface area contributed by atoms with E-state index in [1.54, 1.807) is 20.3 Å². The molecule has 2 aromatic rings. The van der Waals surface area contributed by atoms with Crippen LogP contribution in [0.15, 0.2) is 42.5 Å². The van der Waals surface area contributed by atoms with Crippen molar-refractivity contribution in [1.82, 2.24) is 10.2 Å². The Bertz CT molecular complexity index is 921. The van der Waals surface area contributed by atoms with Crippen molar-refractivity contribution in [3.05, 3.63) is 53.6 Å². The molecule has 6 nitrogen and oxygen atoms in total. The Kier molecular flexibility index (Phi) is 6.37. The van der Waals surface area contributed by atoms with Crippen LogP contribution in [0.1, 0.15) is 30.4 Å². The number of hydrogen-bond donors (Lipinski definition) is 2. The fourth-order valence-electron chi connectivity index (χ4n) is 4.87. The number of carbonyl (C=O) groups excluding carboxylic acids is 1. The van der Waals surface area contributed by atoms with Crippen molar-refractivity contribution in [3.8, 4) is 17.2 Å². The van der Waals surface area contributed by atoms with Gasteiger partial charge in [0.2, 0.25) is 5.91 Å². The highest BCUT2D eigenvalue weighted by Crippen LogP contribution is 2.59. The fourth-order valence-corrected chi connectivity index (χ4v) is 4.87. The largest absolute Gasteiger partial charge is 0.504 e. The number of nitrogens with zero attached hydrogens (tertiary/aromatic N) is 1. The number of methoxy groups -OCH3 is 2. The molecule has 1 saturated heterocycles. The van der Waals surface area contributed by atoms with Crippen LogP contribution in [0.25, 0.3) is 0 Å². The number of phenols is 1. The summed E-state index contributed by atoms with van der Waals surface area (Å²) < 4.78 is 10.5. The van der Waals surface area contributed by atoms with E-state index in [1.807, 2.05) is 36.4 Å². The number of aromatic hydroxyl groups is 1. The summed E-state index contributed by atoms with van der Waals surface area (Å²) in [5.41, 5.74) is 2.39. The lowest BCUT2D eigenvalue weighted by molar-refractivity contribution is -0.123. The first-order valence-electron chi connectivity index (χ1n) is 11.0. The molecule has 2 aliphatic rings. The summed E-state index contributed by atoms with van der Waals surface area (Å²) >= 11 is 0. The minimum absolute atomic E-state index is 0.150. The fraction of sp³-hybridized carbons (Fsp3) is 0.480. The molecule has 2 N–H and O–H groups in total. The van der Waals surface area contributed by atoms with Crippen LogP contribution in [-0.4, -0.2) is 49.8 Å². The maximum absolute atomic E-state index is 12.7. The highest BCUT2D eigenvalue weighted by Gasteiger charge is 2.58. The van der Waals surface area contributed by atoms with Crippen LogP contribution in [0, 0.1) is 11.3 Å². The molecule has 31 heavy (non-hydrogen) atoms. The monoisotopic (exact) mass is 424 g/mol. The zero-order valence-corrected chi connectivity index (χ0v) is 18.4. The lowest BCUT2D eigenvalue weighted by Gasteiger charge is -2.32. The average molecular weight is 425 g/mol. The first kappa shape index (κ1) is 21.5. The van der Waals surface area contributed by atoms with E-state index in [2.05, 4.69) is 10.2 Å². The number of piperidine rings is 1. The molecular weight excluding hydrogens is 392 g/mol. The molecule has 1 spiro atoms. The summed E-state index contributed by atoms with van der Waals surface area (Å²) in [4.78, 5) is 15.1. The van der Waals surface area contributed by atoms with Gasteiger partial charge in [0.25, 0.3) is 0 Å². The number of likely N-dealkylation sites (tertiary alicyclic amines) is 1. The third-order valence-corrected chi connectivity index (χ3v) is 6.89. The first-order chi connectivity index (χ1) is 15.0. The topological polar surface area (TPSA) is 71.0 Å². The maximum atomic E-state index is 12.7. The molecule has 4 rings (SSSR count). The molecule has 1 aliphatic carbocycles. The van der Waals surface area contributed by atoms with Crippen LogP contribution in [0.2, 0.25) is 0 Å². The number of hydrogen-bond acceptors (Lipinski definition) is 5. The quantitative estimate of drug-likeness (QED) is 0.680. The van der Waals surface area contributed by atoms with Gasteiger partial charge in [-0.1, -0.05) is 24.3 Å². The highest BCUT2D eigenvalue weighted by molar-refractivity contribution is 5.82. The zero-order valence-electron chi connectivity index (χ0n) is 18.4. The third-order valence-electron chi connectivity index (χ3n) is 6.89. The predicted molar refractivity (Wildman–Crippen MR) is 119 cm³/mol. The number of amides is 1. The van der Waals surface area contributed by atoms with Crippen molar-refractivity contribution in [2.24, 2.45) is 11.3 Å². The third kappa shape index (κ3) is 4.79. The Morgan fingerprint density at radius 3 is 2.58 bits per heavy atom. The molecule has 1 saturated carbocycles. The van der Waals surface area contributed by atoms with Crippen molar-refractivity contribution in [3.63, 3.8) is 0 Å². The molecule has 0 aromatic heterocycles. The summed E-state index contributed by atoms with van der Waals surface area (Å²) in [5.74, 6) is 1.90. The van der Waals surface area contributed by atoms with E-state index in [1.165, 1.54) is 0 Å². The molecule has 2 fully saturated rings. The second-order valence-electron chi connectivity index (χ2n) is 8.75. The van der Waals surface area contributed by atoms with Gasteiger partial charge in [0.05, 0.1) is 14.2 Å². The van der Waals surface area contributed by atoms with Gasteiger partial charge in [-0.3, -0.25) is 9.69 Å². The number of carbonyl (C=O) groups is 1. The lowest BCUT2D eigenvalue weighted by Crippen LogP contribution is -2.37. The molecule has 0 bridgehead atoms. The number of phenolic OH excluding ortho intramolecular Hbond substituents is 1. The second kappa shape index (κ2) is 9.18. The van der Waals surface area contributed by atoms with Gasteiger partial charge in [0.15, 0.2) is 11.5 Å². The Balaban J connectivity index is 1.22. The number of ether oxygens (including phenoxy) is 2. The molecule has 1 aliphatic heterocycles. The van der Waals surface area contributed by atoms with E-state index in [0.717, 1.165) is 62.2 Å². The van der Waals surface area contributed by atoms with Gasteiger partial charge in [-0.2, -0.15) is 0 Å². The van der Waals surface area contributed by atoms with E-state index in [4.69, 9.17) is 9.47 Å². The van der Waals surface area contributed by atoms with Crippen LogP contribution in [0.3, 0.4) is 0 Å². The van der Waals surface area contributed by atoms with Gasteiger partial charge in [-0.15, -0.1) is 0 Å². The van der Waals surface area contributed by atoms with Crippen molar-refractivity contribution in [2.75, 3.05) is 33.9 Å². The summed E-state index contributed by atoms with van der Waals surface area (Å²) in [6.07, 6.45) is 3.89. The molecule has 1 amide bonds. The lowest BCUT2D eigenvalue weighted by atomic mass is 9.90. The molecule has 1 heterocycles. The Hall–Kier alpha value is -2.73. The number of benzene rings is 2. The van der Waals surface area contributed by atoms with E-state index >= 15 is 0 Å². The van der Waals surface area contributed by atoms with Crippen molar-refractivity contribution < 1.29 is 19.4 Å². The van der Waals surface area contributed by atoms with Crippen molar-refractivity contribution >= 4 is 5.91 Å². The van der Waals surface area contributed by atoms with Gasteiger partial charge < -0.3 is 19.9 Å². The number of nitrogens with one attached hydrogen (secondary N) is 1. The Morgan fingerprint density at radius 1 is 1.13 bits per heavy atom. The molecular formula is C25H32N2O4. The summed E-state index contributed by atoms with van der Waals surface area (Å²) in [7, 11) is 3.23.